The number of amides is 2. The van der Waals surface area contributed by atoms with Gasteiger partial charge in [-0.1, -0.05) is 27.7 Å². The summed E-state index contributed by atoms with van der Waals surface area (Å²) in [6, 6.07) is 0.0901. The van der Waals surface area contributed by atoms with Crippen molar-refractivity contribution in [2.75, 3.05) is 6.54 Å². The summed E-state index contributed by atoms with van der Waals surface area (Å²) in [4.78, 5) is 16.2. The minimum Gasteiger partial charge on any atom is -0.338 e. The first-order chi connectivity index (χ1) is 8.90. The van der Waals surface area contributed by atoms with Crippen LogP contribution in [0, 0.1) is 5.92 Å². The van der Waals surface area contributed by atoms with E-state index in [0.29, 0.717) is 18.4 Å². The predicted molar refractivity (Wildman–Crippen MR) is 80.7 cm³/mol. The van der Waals surface area contributed by atoms with Gasteiger partial charge >= 0.3 is 6.03 Å². The minimum absolute atomic E-state index is 0.0967. The van der Waals surface area contributed by atoms with Gasteiger partial charge in [0, 0.05) is 30.3 Å². The summed E-state index contributed by atoms with van der Waals surface area (Å²) in [5, 5.41) is 9.03. The molecule has 1 unspecified atom stereocenters. The number of carbonyl (C=O) groups is 1. The zero-order valence-corrected chi connectivity index (χ0v) is 13.3. The summed E-state index contributed by atoms with van der Waals surface area (Å²) in [6.07, 6.45) is 0.784. The van der Waals surface area contributed by atoms with Gasteiger partial charge in [-0.3, -0.25) is 0 Å². The fourth-order valence-electron chi connectivity index (χ4n) is 1.43. The maximum absolute atomic E-state index is 11.6. The van der Waals surface area contributed by atoms with Crippen LogP contribution in [-0.4, -0.2) is 23.6 Å². The molecule has 0 aliphatic heterocycles. The Balaban J connectivity index is 2.27. The minimum atomic E-state index is -0.0967. The molecule has 2 N–H and O–H groups in total. The van der Waals surface area contributed by atoms with Crippen molar-refractivity contribution in [3.05, 3.63) is 16.1 Å². The highest BCUT2D eigenvalue weighted by Gasteiger charge is 2.10. The number of aromatic nitrogens is 1. The highest BCUT2D eigenvalue weighted by atomic mass is 32.1. The van der Waals surface area contributed by atoms with Gasteiger partial charge in [0.05, 0.1) is 10.7 Å². The van der Waals surface area contributed by atoms with Gasteiger partial charge in [0.15, 0.2) is 0 Å². The lowest BCUT2D eigenvalue weighted by atomic mass is 10.1. The van der Waals surface area contributed by atoms with Crippen molar-refractivity contribution in [1.82, 2.24) is 15.6 Å². The van der Waals surface area contributed by atoms with Crippen molar-refractivity contribution in [2.45, 2.75) is 53.0 Å². The smallest absolute Gasteiger partial charge is 0.315 e. The number of hydrogen-bond acceptors (Lipinski definition) is 3. The SMILES string of the molecule is CC(C)c1nc(CCNC(=O)NC(C)C(C)C)cs1. The van der Waals surface area contributed by atoms with Crippen LogP contribution in [0.25, 0.3) is 0 Å². The largest absolute Gasteiger partial charge is 0.338 e. The van der Waals surface area contributed by atoms with Gasteiger partial charge in [-0.25, -0.2) is 9.78 Å². The summed E-state index contributed by atoms with van der Waals surface area (Å²) < 4.78 is 0. The molecule has 0 bridgehead atoms. The summed E-state index contributed by atoms with van der Waals surface area (Å²) in [7, 11) is 0. The maximum Gasteiger partial charge on any atom is 0.315 e. The molecule has 1 aromatic rings. The third-order valence-electron chi connectivity index (χ3n) is 3.09. The molecular weight excluding hydrogens is 258 g/mol. The van der Waals surface area contributed by atoms with Gasteiger partial charge in [-0.2, -0.15) is 0 Å². The van der Waals surface area contributed by atoms with E-state index in [2.05, 4.69) is 48.7 Å². The molecule has 0 radical (unpaired) electrons. The average molecular weight is 283 g/mol. The monoisotopic (exact) mass is 283 g/mol. The van der Waals surface area contributed by atoms with Gasteiger partial charge in [0.25, 0.3) is 0 Å². The second kappa shape index (κ2) is 7.48. The van der Waals surface area contributed by atoms with E-state index in [9.17, 15) is 4.79 Å². The quantitative estimate of drug-likeness (QED) is 0.842. The van der Waals surface area contributed by atoms with Crippen LogP contribution in [0.2, 0.25) is 0 Å². The predicted octanol–water partition coefficient (Wildman–Crippen LogP) is 3.15. The lowest BCUT2D eigenvalue weighted by Gasteiger charge is -2.17. The van der Waals surface area contributed by atoms with Crippen molar-refractivity contribution < 1.29 is 4.79 Å². The van der Waals surface area contributed by atoms with Crippen LogP contribution in [0.15, 0.2) is 5.38 Å². The van der Waals surface area contributed by atoms with E-state index >= 15 is 0 Å². The van der Waals surface area contributed by atoms with E-state index in [-0.39, 0.29) is 12.1 Å². The molecule has 0 aromatic carbocycles. The van der Waals surface area contributed by atoms with E-state index in [1.54, 1.807) is 11.3 Å². The topological polar surface area (TPSA) is 54.0 Å². The van der Waals surface area contributed by atoms with E-state index < -0.39 is 0 Å². The van der Waals surface area contributed by atoms with Crippen LogP contribution < -0.4 is 10.6 Å². The molecule has 0 spiro atoms. The Morgan fingerprint density at radius 2 is 2.00 bits per heavy atom. The van der Waals surface area contributed by atoms with Crippen LogP contribution >= 0.6 is 11.3 Å². The number of hydrogen-bond donors (Lipinski definition) is 2. The summed E-state index contributed by atoms with van der Waals surface area (Å²) in [5.41, 5.74) is 1.06. The Morgan fingerprint density at radius 1 is 1.32 bits per heavy atom. The van der Waals surface area contributed by atoms with Gasteiger partial charge in [-0.15, -0.1) is 11.3 Å². The van der Waals surface area contributed by atoms with Crippen LogP contribution in [0.1, 0.15) is 51.2 Å². The van der Waals surface area contributed by atoms with E-state index in [1.807, 2.05) is 6.92 Å². The van der Waals surface area contributed by atoms with Crippen molar-refractivity contribution in [3.63, 3.8) is 0 Å². The lowest BCUT2D eigenvalue weighted by molar-refractivity contribution is 0.234. The first kappa shape index (κ1) is 16.0. The first-order valence-corrected chi connectivity index (χ1v) is 7.76. The van der Waals surface area contributed by atoms with Gasteiger partial charge in [0.2, 0.25) is 0 Å². The van der Waals surface area contributed by atoms with Gasteiger partial charge in [0.1, 0.15) is 0 Å². The molecule has 1 heterocycles. The molecule has 0 aliphatic carbocycles. The third-order valence-corrected chi connectivity index (χ3v) is 4.28. The Bertz CT molecular complexity index is 401. The Labute approximate surface area is 120 Å². The average Bonchev–Trinajstić information content (AvgIpc) is 2.77. The zero-order chi connectivity index (χ0) is 14.4. The number of nitrogens with one attached hydrogen (secondary N) is 2. The normalized spacial score (nSPS) is 12.8. The Hall–Kier alpha value is -1.10. The highest BCUT2D eigenvalue weighted by molar-refractivity contribution is 7.09. The fourth-order valence-corrected chi connectivity index (χ4v) is 2.30. The second-order valence-electron chi connectivity index (χ2n) is 5.51. The van der Waals surface area contributed by atoms with Crippen LogP contribution in [0.4, 0.5) is 4.79 Å². The highest BCUT2D eigenvalue weighted by Crippen LogP contribution is 2.19. The molecule has 1 aromatic heterocycles. The first-order valence-electron chi connectivity index (χ1n) is 6.88. The van der Waals surface area contributed by atoms with Crippen LogP contribution in [0.3, 0.4) is 0 Å². The number of nitrogens with zero attached hydrogens (tertiary/aromatic N) is 1. The molecule has 5 heteroatoms. The molecule has 19 heavy (non-hydrogen) atoms. The van der Waals surface area contributed by atoms with E-state index in [4.69, 9.17) is 0 Å². The molecule has 2 amide bonds. The molecular formula is C14H25N3OS. The molecule has 0 fully saturated rings. The van der Waals surface area contributed by atoms with Crippen molar-refractivity contribution in [3.8, 4) is 0 Å². The molecule has 108 valence electrons. The summed E-state index contributed by atoms with van der Waals surface area (Å²) >= 11 is 1.69. The second-order valence-corrected chi connectivity index (χ2v) is 6.40. The van der Waals surface area contributed by atoms with E-state index in [0.717, 1.165) is 17.1 Å². The van der Waals surface area contributed by atoms with Gasteiger partial charge < -0.3 is 10.6 Å². The van der Waals surface area contributed by atoms with Crippen LogP contribution in [0.5, 0.6) is 0 Å². The Morgan fingerprint density at radius 3 is 2.53 bits per heavy atom. The number of thiazole rings is 1. The standard InChI is InChI=1S/C14H25N3OS/c1-9(2)11(5)16-14(18)15-7-6-12-8-19-13(17-12)10(3)4/h8-11H,6-7H2,1-5H3,(H2,15,16,18). The molecule has 0 saturated carbocycles. The fraction of sp³-hybridized carbons (Fsp3) is 0.714. The number of carbonyl (C=O) groups excluding carboxylic acids is 1. The summed E-state index contributed by atoms with van der Waals surface area (Å²) in [5.74, 6) is 0.916. The van der Waals surface area contributed by atoms with E-state index in [1.165, 1.54) is 0 Å². The van der Waals surface area contributed by atoms with Crippen molar-refractivity contribution in [1.29, 1.82) is 0 Å². The summed E-state index contributed by atoms with van der Waals surface area (Å²) in [6.45, 7) is 11.1. The van der Waals surface area contributed by atoms with Gasteiger partial charge in [-0.05, 0) is 12.8 Å². The molecule has 1 atom stereocenters. The molecule has 0 aliphatic rings. The van der Waals surface area contributed by atoms with Crippen molar-refractivity contribution in [2.24, 2.45) is 5.92 Å². The molecule has 4 nitrogen and oxygen atoms in total. The van der Waals surface area contributed by atoms with Crippen LogP contribution in [-0.2, 0) is 6.42 Å². The lowest BCUT2D eigenvalue weighted by Crippen LogP contribution is -2.43. The maximum atomic E-state index is 11.6. The zero-order valence-electron chi connectivity index (χ0n) is 12.5. The number of urea groups is 1. The molecule has 0 saturated heterocycles. The third kappa shape index (κ3) is 5.59. The van der Waals surface area contributed by atoms with Crippen molar-refractivity contribution >= 4 is 17.4 Å². The Kier molecular flexibility index (Phi) is 6.28. The molecule has 1 rings (SSSR count). The number of rotatable bonds is 6.